The van der Waals surface area contributed by atoms with Crippen molar-refractivity contribution in [3.8, 4) is 0 Å². The normalized spacial score (nSPS) is 21.5. The molecule has 0 N–H and O–H groups in total. The second-order valence-electron chi connectivity index (χ2n) is 5.94. The molecule has 0 heterocycles. The lowest BCUT2D eigenvalue weighted by Crippen LogP contribution is -2.23. The van der Waals surface area contributed by atoms with Crippen molar-refractivity contribution in [1.29, 1.82) is 0 Å². The highest BCUT2D eigenvalue weighted by Crippen LogP contribution is 2.48. The third kappa shape index (κ3) is 2.80. The largest absolute Gasteiger partial charge is 0.0628 e. The van der Waals surface area contributed by atoms with E-state index in [0.29, 0.717) is 5.41 Å². The summed E-state index contributed by atoms with van der Waals surface area (Å²) in [5.74, 6) is 2.90. The van der Waals surface area contributed by atoms with Crippen molar-refractivity contribution < 1.29 is 0 Å². The molecule has 0 aliphatic heterocycles. The average molecular weight is 168 g/mol. The molecule has 0 spiro atoms. The van der Waals surface area contributed by atoms with Crippen molar-refractivity contribution >= 4 is 0 Å². The predicted octanol–water partition coefficient (Wildman–Crippen LogP) is 4.10. The second-order valence-corrected chi connectivity index (χ2v) is 5.94. The van der Waals surface area contributed by atoms with Gasteiger partial charge in [0.1, 0.15) is 0 Å². The van der Waals surface area contributed by atoms with Crippen molar-refractivity contribution in [3.63, 3.8) is 0 Å². The van der Waals surface area contributed by atoms with Crippen LogP contribution in [0.1, 0.15) is 53.9 Å². The lowest BCUT2D eigenvalue weighted by molar-refractivity contribution is 0.177. The summed E-state index contributed by atoms with van der Waals surface area (Å²) in [6.07, 6.45) is 4.41. The van der Waals surface area contributed by atoms with Crippen LogP contribution in [0.2, 0.25) is 0 Å². The number of rotatable bonds is 3. The van der Waals surface area contributed by atoms with Crippen LogP contribution >= 0.6 is 0 Å². The van der Waals surface area contributed by atoms with Gasteiger partial charge in [0, 0.05) is 0 Å². The Balaban J connectivity index is 2.49. The molecule has 1 unspecified atom stereocenters. The van der Waals surface area contributed by atoms with Gasteiger partial charge in [0.25, 0.3) is 0 Å². The first kappa shape index (κ1) is 10.1. The quantitative estimate of drug-likeness (QED) is 0.595. The maximum atomic E-state index is 2.40. The van der Waals surface area contributed by atoms with Crippen molar-refractivity contribution in [2.75, 3.05) is 0 Å². The Kier molecular flexibility index (Phi) is 2.85. The fourth-order valence-corrected chi connectivity index (χ4v) is 2.26. The van der Waals surface area contributed by atoms with E-state index >= 15 is 0 Å². The average Bonchev–Trinajstić information content (AvgIpc) is 2.60. The van der Waals surface area contributed by atoms with E-state index in [1.165, 1.54) is 19.3 Å². The molecule has 0 bridgehead atoms. The van der Waals surface area contributed by atoms with Crippen LogP contribution in [-0.4, -0.2) is 0 Å². The van der Waals surface area contributed by atoms with Crippen molar-refractivity contribution in [2.24, 2.45) is 23.2 Å². The lowest BCUT2D eigenvalue weighted by atomic mass is 9.73. The Bertz CT molecular complexity index is 135. The molecule has 0 heteroatoms. The zero-order valence-corrected chi connectivity index (χ0v) is 9.35. The fourth-order valence-electron chi connectivity index (χ4n) is 2.26. The maximum absolute atomic E-state index is 2.40. The van der Waals surface area contributed by atoms with E-state index in [9.17, 15) is 0 Å². The molecule has 0 aromatic heterocycles. The standard InChI is InChI=1S/C12H24/c1-9(2)8-11(10-6-7-10)12(3,4)5/h9-11H,6-8H2,1-5H3. The summed E-state index contributed by atoms with van der Waals surface area (Å²) in [6.45, 7) is 11.9. The Labute approximate surface area is 77.7 Å². The molecule has 72 valence electrons. The van der Waals surface area contributed by atoms with Crippen LogP contribution in [0, 0.1) is 23.2 Å². The van der Waals surface area contributed by atoms with Gasteiger partial charge in [0.05, 0.1) is 0 Å². The lowest BCUT2D eigenvalue weighted by Gasteiger charge is -2.32. The molecule has 1 saturated carbocycles. The van der Waals surface area contributed by atoms with Crippen molar-refractivity contribution in [1.82, 2.24) is 0 Å². The Morgan fingerprint density at radius 3 is 1.92 bits per heavy atom. The van der Waals surface area contributed by atoms with Gasteiger partial charge >= 0.3 is 0 Å². The van der Waals surface area contributed by atoms with Crippen LogP contribution in [0.3, 0.4) is 0 Å². The first-order valence-corrected chi connectivity index (χ1v) is 5.41. The predicted molar refractivity (Wildman–Crippen MR) is 55.1 cm³/mol. The molecule has 1 atom stereocenters. The highest BCUT2D eigenvalue weighted by atomic mass is 14.4. The van der Waals surface area contributed by atoms with Crippen LogP contribution in [0.15, 0.2) is 0 Å². The van der Waals surface area contributed by atoms with Gasteiger partial charge in [0.2, 0.25) is 0 Å². The Morgan fingerprint density at radius 2 is 1.67 bits per heavy atom. The molecule has 0 nitrogen and oxygen atoms in total. The van der Waals surface area contributed by atoms with Crippen LogP contribution in [0.5, 0.6) is 0 Å². The van der Waals surface area contributed by atoms with E-state index in [2.05, 4.69) is 34.6 Å². The Morgan fingerprint density at radius 1 is 1.17 bits per heavy atom. The van der Waals surface area contributed by atoms with Gasteiger partial charge in [-0.1, -0.05) is 34.6 Å². The molecular formula is C12H24. The van der Waals surface area contributed by atoms with E-state index in [1.54, 1.807) is 0 Å². The molecule has 1 aliphatic rings. The van der Waals surface area contributed by atoms with Crippen molar-refractivity contribution in [2.45, 2.75) is 53.9 Å². The summed E-state index contributed by atoms with van der Waals surface area (Å²) in [7, 11) is 0. The van der Waals surface area contributed by atoms with E-state index in [0.717, 1.165) is 17.8 Å². The summed E-state index contributed by atoms with van der Waals surface area (Å²) < 4.78 is 0. The van der Waals surface area contributed by atoms with E-state index < -0.39 is 0 Å². The third-order valence-corrected chi connectivity index (χ3v) is 3.03. The van der Waals surface area contributed by atoms with Gasteiger partial charge in [-0.2, -0.15) is 0 Å². The summed E-state index contributed by atoms with van der Waals surface area (Å²) in [6, 6.07) is 0. The summed E-state index contributed by atoms with van der Waals surface area (Å²) >= 11 is 0. The van der Waals surface area contributed by atoms with Crippen molar-refractivity contribution in [3.05, 3.63) is 0 Å². The minimum absolute atomic E-state index is 0.533. The van der Waals surface area contributed by atoms with E-state index in [4.69, 9.17) is 0 Å². The summed E-state index contributed by atoms with van der Waals surface area (Å²) in [4.78, 5) is 0. The number of hydrogen-bond acceptors (Lipinski definition) is 0. The topological polar surface area (TPSA) is 0 Å². The Hall–Kier alpha value is 0. The molecular weight excluding hydrogens is 144 g/mol. The summed E-state index contributed by atoms with van der Waals surface area (Å²) in [5.41, 5.74) is 0.533. The van der Waals surface area contributed by atoms with Gasteiger partial charge in [-0.3, -0.25) is 0 Å². The molecule has 0 aromatic carbocycles. The molecule has 0 amide bonds. The van der Waals surface area contributed by atoms with Gasteiger partial charge in [0.15, 0.2) is 0 Å². The molecule has 0 saturated heterocycles. The SMILES string of the molecule is CC(C)CC(C1CC1)C(C)(C)C. The van der Waals surface area contributed by atoms with Gasteiger partial charge in [-0.15, -0.1) is 0 Å². The molecule has 0 radical (unpaired) electrons. The monoisotopic (exact) mass is 168 g/mol. The molecule has 0 aromatic rings. The highest BCUT2D eigenvalue weighted by Gasteiger charge is 2.38. The molecule has 1 fully saturated rings. The van der Waals surface area contributed by atoms with Gasteiger partial charge < -0.3 is 0 Å². The summed E-state index contributed by atoms with van der Waals surface area (Å²) in [5, 5.41) is 0. The van der Waals surface area contributed by atoms with Crippen LogP contribution in [0.25, 0.3) is 0 Å². The zero-order chi connectivity index (χ0) is 9.35. The highest BCUT2D eigenvalue weighted by molar-refractivity contribution is 4.88. The van der Waals surface area contributed by atoms with E-state index in [1.807, 2.05) is 0 Å². The van der Waals surface area contributed by atoms with Gasteiger partial charge in [-0.25, -0.2) is 0 Å². The second kappa shape index (κ2) is 3.40. The first-order valence-electron chi connectivity index (χ1n) is 5.41. The number of hydrogen-bond donors (Lipinski definition) is 0. The minimum Gasteiger partial charge on any atom is -0.0628 e. The molecule has 1 aliphatic carbocycles. The van der Waals surface area contributed by atoms with Crippen LogP contribution in [0.4, 0.5) is 0 Å². The first-order chi connectivity index (χ1) is 5.41. The fraction of sp³-hybridized carbons (Fsp3) is 1.00. The molecule has 12 heavy (non-hydrogen) atoms. The third-order valence-electron chi connectivity index (χ3n) is 3.03. The zero-order valence-electron chi connectivity index (χ0n) is 9.35. The maximum Gasteiger partial charge on any atom is -0.0335 e. The van der Waals surface area contributed by atoms with Crippen LogP contribution < -0.4 is 0 Å². The van der Waals surface area contributed by atoms with Gasteiger partial charge in [-0.05, 0) is 42.4 Å². The van der Waals surface area contributed by atoms with E-state index in [-0.39, 0.29) is 0 Å². The molecule has 1 rings (SSSR count). The minimum atomic E-state index is 0.533. The van der Waals surface area contributed by atoms with Crippen LogP contribution in [-0.2, 0) is 0 Å². The smallest absolute Gasteiger partial charge is 0.0335 e.